The van der Waals surface area contributed by atoms with E-state index >= 15 is 0 Å². The van der Waals surface area contributed by atoms with Crippen LogP contribution in [0.3, 0.4) is 0 Å². The Kier molecular flexibility index (Phi) is 9.87. The average Bonchev–Trinajstić information content (AvgIpc) is 2.62. The summed E-state index contributed by atoms with van der Waals surface area (Å²) in [6.45, 7) is 3.52. The average molecular weight is 382 g/mol. The normalized spacial score (nSPS) is 12.7. The maximum absolute atomic E-state index is 13.7. The first kappa shape index (κ1) is 22.1. The first-order valence-electron chi connectivity index (χ1n) is 8.03. The third kappa shape index (κ3) is 7.11. The van der Waals surface area contributed by atoms with Crippen molar-refractivity contribution in [1.29, 1.82) is 0 Å². The minimum absolute atomic E-state index is 0.147. The van der Waals surface area contributed by atoms with E-state index in [4.69, 9.17) is 5.21 Å². The van der Waals surface area contributed by atoms with Gasteiger partial charge >= 0.3 is 0 Å². The predicted octanol–water partition coefficient (Wildman–Crippen LogP) is 4.16. The van der Waals surface area contributed by atoms with E-state index in [0.29, 0.717) is 18.5 Å². The van der Waals surface area contributed by atoms with Crippen LogP contribution in [0.5, 0.6) is 0 Å². The summed E-state index contributed by atoms with van der Waals surface area (Å²) in [5.74, 6) is -1.06. The summed E-state index contributed by atoms with van der Waals surface area (Å²) in [6.07, 6.45) is 2.03. The molecule has 0 radical (unpaired) electrons. The fourth-order valence-electron chi connectivity index (χ4n) is 2.52. The molecule has 1 amide bonds. The first-order chi connectivity index (χ1) is 12.4. The number of hydrogen-bond acceptors (Lipinski definition) is 4. The van der Waals surface area contributed by atoms with E-state index in [9.17, 15) is 13.1 Å². The van der Waals surface area contributed by atoms with Crippen LogP contribution in [0.15, 0.2) is 42.5 Å². The van der Waals surface area contributed by atoms with Crippen molar-refractivity contribution in [2.45, 2.75) is 19.9 Å². The lowest BCUT2D eigenvalue weighted by Gasteiger charge is -2.25. The fourth-order valence-corrected chi connectivity index (χ4v) is 2.52. The Morgan fingerprint density at radius 3 is 2.38 bits per heavy atom. The number of benzene rings is 2. The van der Waals surface area contributed by atoms with Crippen molar-refractivity contribution in [3.05, 3.63) is 70.5 Å². The molecule has 0 saturated carbocycles. The number of carbonyl (C=O) groups is 1. The van der Waals surface area contributed by atoms with Gasteiger partial charge in [-0.15, -0.1) is 0 Å². The summed E-state index contributed by atoms with van der Waals surface area (Å²) in [5.41, 5.74) is 4.46. The zero-order valence-electron chi connectivity index (χ0n) is 15.1. The van der Waals surface area contributed by atoms with Crippen LogP contribution >= 0.6 is 12.1 Å². The molecule has 2 aromatic rings. The molecule has 4 nitrogen and oxygen atoms in total. The molecule has 1 aliphatic heterocycles. The van der Waals surface area contributed by atoms with Crippen molar-refractivity contribution in [1.82, 2.24) is 10.4 Å². The molecule has 142 valence electrons. The molecule has 0 spiro atoms. The number of likely N-dealkylation sites (N-methyl/N-ethyl adjacent to an activating group) is 1. The second-order valence-electron chi connectivity index (χ2n) is 5.83. The van der Waals surface area contributed by atoms with E-state index < -0.39 is 5.91 Å². The van der Waals surface area contributed by atoms with E-state index in [1.807, 2.05) is 25.2 Å². The quantitative estimate of drug-likeness (QED) is 0.574. The molecule has 0 bridgehead atoms. The van der Waals surface area contributed by atoms with Gasteiger partial charge in [0.2, 0.25) is 0 Å². The topological polar surface area (TPSA) is 52.6 Å². The van der Waals surface area contributed by atoms with E-state index in [1.54, 1.807) is 6.07 Å². The lowest BCUT2D eigenvalue weighted by atomic mass is 9.97. The molecule has 3 rings (SSSR count). The van der Waals surface area contributed by atoms with Gasteiger partial charge in [0.05, 0.1) is 0 Å². The largest absolute Gasteiger partial charge is 0.302 e. The van der Waals surface area contributed by atoms with Crippen molar-refractivity contribution in [2.75, 3.05) is 19.8 Å². The minimum atomic E-state index is -0.685. The van der Waals surface area contributed by atoms with Crippen LogP contribution in [0.4, 0.5) is 8.28 Å². The zero-order valence-corrected chi connectivity index (χ0v) is 15.9. The van der Waals surface area contributed by atoms with Gasteiger partial charge in [-0.2, -0.15) is 3.89 Å². The van der Waals surface area contributed by atoms with E-state index in [-0.39, 0.29) is 23.5 Å². The van der Waals surface area contributed by atoms with Crippen LogP contribution in [0.1, 0.15) is 27.0 Å². The number of nitrogens with zero attached hydrogens (tertiary/aromatic N) is 1. The number of hydrogen-bond donors (Lipinski definition) is 2. The highest BCUT2D eigenvalue weighted by Gasteiger charge is 2.19. The van der Waals surface area contributed by atoms with E-state index in [1.165, 1.54) is 17.3 Å². The molecule has 2 N–H and O–H groups in total. The molecule has 0 fully saturated rings. The molecule has 0 unspecified atom stereocenters. The summed E-state index contributed by atoms with van der Waals surface area (Å²) in [4.78, 5) is 13.2. The lowest BCUT2D eigenvalue weighted by Crippen LogP contribution is -2.28. The molecule has 2 aromatic carbocycles. The van der Waals surface area contributed by atoms with Crippen LogP contribution in [0.25, 0.3) is 0 Å². The van der Waals surface area contributed by atoms with Gasteiger partial charge < -0.3 is 4.90 Å². The monoisotopic (exact) mass is 382 g/mol. The molecular weight excluding hydrogens is 358 g/mol. The van der Waals surface area contributed by atoms with Crippen LogP contribution in [-0.4, -0.2) is 35.9 Å². The van der Waals surface area contributed by atoms with Crippen LogP contribution < -0.4 is 5.48 Å². The van der Waals surface area contributed by atoms with Crippen molar-refractivity contribution in [2.24, 2.45) is 0 Å². The Balaban J connectivity index is 0.000000280. The molecule has 1 aliphatic rings. The highest BCUT2D eigenvalue weighted by molar-refractivity contribution is 7.93. The summed E-state index contributed by atoms with van der Waals surface area (Å²) < 4.78 is 23.9. The van der Waals surface area contributed by atoms with Crippen LogP contribution in [-0.2, 0) is 13.0 Å². The number of aryl methyl sites for hydroxylation is 1. The minimum Gasteiger partial charge on any atom is -0.302 e. The third-order valence-electron chi connectivity index (χ3n) is 3.78. The summed E-state index contributed by atoms with van der Waals surface area (Å²) in [5, 5.41) is 8.50. The number of hydroxylamine groups is 1. The summed E-state index contributed by atoms with van der Waals surface area (Å²) >= 11 is 0.250. The molecule has 0 saturated heterocycles. The zero-order chi connectivity index (χ0) is 19.5. The lowest BCUT2D eigenvalue weighted by molar-refractivity contribution is 0.0705. The summed E-state index contributed by atoms with van der Waals surface area (Å²) in [6, 6.07) is 13.0. The Bertz CT molecular complexity index is 699. The number of fused-ring (bicyclic) bond motifs is 1. The smallest absolute Gasteiger partial charge is 0.274 e. The van der Waals surface area contributed by atoms with Gasteiger partial charge in [0.15, 0.2) is 0 Å². The SMILES string of the molecule is CN1CCc2c(F)cc(C(=O)NO)cc2C1.CSF.Cc1ccccc1. The number of carbonyl (C=O) groups excluding carboxylic acids is 1. The molecule has 0 aliphatic carbocycles. The Morgan fingerprint density at radius 2 is 1.88 bits per heavy atom. The Labute approximate surface area is 157 Å². The van der Waals surface area contributed by atoms with Gasteiger partial charge in [-0.1, -0.05) is 35.9 Å². The van der Waals surface area contributed by atoms with Gasteiger partial charge in [-0.3, -0.25) is 10.0 Å². The number of halogens is 2. The van der Waals surface area contributed by atoms with Crippen molar-refractivity contribution in [3.8, 4) is 0 Å². The maximum atomic E-state index is 13.7. The fraction of sp³-hybridized carbons (Fsp3) is 0.316. The molecule has 7 heteroatoms. The number of amides is 1. The predicted molar refractivity (Wildman–Crippen MR) is 101 cm³/mol. The molecule has 26 heavy (non-hydrogen) atoms. The third-order valence-corrected chi connectivity index (χ3v) is 3.78. The number of rotatable bonds is 1. The molecule has 0 aromatic heterocycles. The van der Waals surface area contributed by atoms with Gasteiger partial charge in [0.25, 0.3) is 5.91 Å². The van der Waals surface area contributed by atoms with Gasteiger partial charge in [0, 0.05) is 37.1 Å². The van der Waals surface area contributed by atoms with Crippen LogP contribution in [0, 0.1) is 12.7 Å². The second-order valence-corrected chi connectivity index (χ2v) is 6.14. The van der Waals surface area contributed by atoms with Crippen molar-refractivity contribution in [3.63, 3.8) is 0 Å². The highest BCUT2D eigenvalue weighted by atomic mass is 32.2. The van der Waals surface area contributed by atoms with Gasteiger partial charge in [0.1, 0.15) is 5.82 Å². The van der Waals surface area contributed by atoms with Gasteiger partial charge in [-0.05, 0) is 43.7 Å². The molecule has 0 atom stereocenters. The van der Waals surface area contributed by atoms with Crippen LogP contribution in [0.2, 0.25) is 0 Å². The highest BCUT2D eigenvalue weighted by Crippen LogP contribution is 2.22. The Hall–Kier alpha value is -1.96. The van der Waals surface area contributed by atoms with Crippen molar-refractivity contribution >= 4 is 18.1 Å². The van der Waals surface area contributed by atoms with Gasteiger partial charge in [-0.25, -0.2) is 9.87 Å². The Morgan fingerprint density at radius 1 is 1.27 bits per heavy atom. The van der Waals surface area contributed by atoms with Crippen molar-refractivity contribution < 1.29 is 18.3 Å². The molecular formula is C19H24F2N2O2S. The first-order valence-corrected chi connectivity index (χ1v) is 9.16. The molecule has 1 heterocycles. The summed E-state index contributed by atoms with van der Waals surface area (Å²) in [7, 11) is 1.94. The van der Waals surface area contributed by atoms with E-state index in [0.717, 1.165) is 18.2 Å². The second kappa shape index (κ2) is 11.6. The van der Waals surface area contributed by atoms with E-state index in [2.05, 4.69) is 24.0 Å². The number of nitrogens with one attached hydrogen (secondary N) is 1. The maximum Gasteiger partial charge on any atom is 0.274 e. The standard InChI is InChI=1S/C11H13FN2O2.C7H8.CH3FS/c1-14-3-2-9-8(6-14)4-7(5-10(9)12)11(15)13-16;1-7-5-3-2-4-6-7;1-3-2/h4-5,16H,2-3,6H2,1H3,(H,13,15);2-6H,1H3;1H3.